The van der Waals surface area contributed by atoms with Crippen molar-refractivity contribution in [1.29, 1.82) is 0 Å². The fourth-order valence-corrected chi connectivity index (χ4v) is 2.33. The number of aromatic nitrogens is 3. The SMILES string of the molecule is CCCCCCCCNc1nc(Cl)nc(N(CC)CC)n1. The van der Waals surface area contributed by atoms with E-state index < -0.39 is 0 Å². The van der Waals surface area contributed by atoms with Crippen LogP contribution in [0.15, 0.2) is 0 Å². The first kappa shape index (κ1) is 18.0. The van der Waals surface area contributed by atoms with Gasteiger partial charge in [-0.2, -0.15) is 15.0 Å². The van der Waals surface area contributed by atoms with Gasteiger partial charge in [0.1, 0.15) is 0 Å². The van der Waals surface area contributed by atoms with Gasteiger partial charge in [0.15, 0.2) is 0 Å². The maximum Gasteiger partial charge on any atom is 0.231 e. The standard InChI is InChI=1S/C15H28ClN5/c1-4-7-8-9-10-11-12-17-14-18-13(16)19-15(20-14)21(5-2)6-3/h4-12H2,1-3H3,(H,17,18,19,20). The van der Waals surface area contributed by atoms with Crippen molar-refractivity contribution in [1.82, 2.24) is 15.0 Å². The molecule has 0 amide bonds. The predicted molar refractivity (Wildman–Crippen MR) is 90.3 cm³/mol. The van der Waals surface area contributed by atoms with E-state index in [0.29, 0.717) is 11.9 Å². The quantitative estimate of drug-likeness (QED) is 0.622. The average Bonchev–Trinajstić information content (AvgIpc) is 2.47. The predicted octanol–water partition coefficient (Wildman–Crippen LogP) is 4.14. The van der Waals surface area contributed by atoms with E-state index in [1.165, 1.54) is 32.1 Å². The molecule has 0 fully saturated rings. The van der Waals surface area contributed by atoms with E-state index in [0.717, 1.165) is 26.1 Å². The van der Waals surface area contributed by atoms with Crippen LogP contribution in [0.25, 0.3) is 0 Å². The van der Waals surface area contributed by atoms with Crippen molar-refractivity contribution in [3.63, 3.8) is 0 Å². The van der Waals surface area contributed by atoms with Crippen LogP contribution in [0.1, 0.15) is 59.3 Å². The second-order valence-corrected chi connectivity index (χ2v) is 5.43. The summed E-state index contributed by atoms with van der Waals surface area (Å²) in [5.41, 5.74) is 0. The molecule has 1 N–H and O–H groups in total. The van der Waals surface area contributed by atoms with Crippen molar-refractivity contribution in [2.45, 2.75) is 59.3 Å². The lowest BCUT2D eigenvalue weighted by atomic mass is 10.1. The molecule has 0 atom stereocenters. The molecular weight excluding hydrogens is 286 g/mol. The zero-order valence-corrected chi connectivity index (χ0v) is 14.3. The third kappa shape index (κ3) is 6.93. The lowest BCUT2D eigenvalue weighted by molar-refractivity contribution is 0.616. The molecule has 1 aromatic rings. The smallest absolute Gasteiger partial charge is 0.231 e. The van der Waals surface area contributed by atoms with Gasteiger partial charge in [0.05, 0.1) is 0 Å². The van der Waals surface area contributed by atoms with E-state index in [2.05, 4.69) is 45.9 Å². The minimum atomic E-state index is 0.248. The first-order valence-electron chi connectivity index (χ1n) is 8.11. The van der Waals surface area contributed by atoms with Crippen LogP contribution in [0.4, 0.5) is 11.9 Å². The molecule has 1 aromatic heterocycles. The Labute approximate surface area is 133 Å². The fourth-order valence-electron chi connectivity index (χ4n) is 2.17. The first-order valence-corrected chi connectivity index (χ1v) is 8.49. The number of hydrogen-bond donors (Lipinski definition) is 1. The number of nitrogens with one attached hydrogen (secondary N) is 1. The Morgan fingerprint density at radius 3 is 2.24 bits per heavy atom. The molecular formula is C15H28ClN5. The van der Waals surface area contributed by atoms with Crippen molar-refractivity contribution in [3.05, 3.63) is 5.28 Å². The molecule has 0 aliphatic rings. The van der Waals surface area contributed by atoms with Crippen molar-refractivity contribution in [2.75, 3.05) is 29.9 Å². The molecule has 0 spiro atoms. The third-order valence-electron chi connectivity index (χ3n) is 3.46. The Hall–Kier alpha value is -1.10. The van der Waals surface area contributed by atoms with Crippen LogP contribution in [0, 0.1) is 0 Å². The van der Waals surface area contributed by atoms with E-state index in [1.807, 2.05) is 0 Å². The Bertz CT molecular complexity index is 396. The summed E-state index contributed by atoms with van der Waals surface area (Å²) >= 11 is 5.98. The van der Waals surface area contributed by atoms with Gasteiger partial charge in [-0.05, 0) is 31.9 Å². The van der Waals surface area contributed by atoms with Gasteiger partial charge >= 0.3 is 0 Å². The monoisotopic (exact) mass is 313 g/mol. The van der Waals surface area contributed by atoms with Crippen LogP contribution in [0.5, 0.6) is 0 Å². The van der Waals surface area contributed by atoms with Gasteiger partial charge < -0.3 is 10.2 Å². The molecule has 1 rings (SSSR count). The number of nitrogens with zero attached hydrogens (tertiary/aromatic N) is 4. The van der Waals surface area contributed by atoms with Crippen molar-refractivity contribution < 1.29 is 0 Å². The lowest BCUT2D eigenvalue weighted by Gasteiger charge is -2.18. The van der Waals surface area contributed by atoms with Crippen LogP contribution in [0.2, 0.25) is 5.28 Å². The molecule has 1 heterocycles. The Kier molecular flexibility index (Phi) is 9.06. The van der Waals surface area contributed by atoms with Crippen molar-refractivity contribution in [3.8, 4) is 0 Å². The number of hydrogen-bond acceptors (Lipinski definition) is 5. The molecule has 0 saturated carbocycles. The summed E-state index contributed by atoms with van der Waals surface area (Å²) in [6.45, 7) is 8.97. The summed E-state index contributed by atoms with van der Waals surface area (Å²) in [5.74, 6) is 1.22. The second-order valence-electron chi connectivity index (χ2n) is 5.09. The van der Waals surface area contributed by atoms with E-state index in [4.69, 9.17) is 11.6 Å². The zero-order valence-electron chi connectivity index (χ0n) is 13.5. The van der Waals surface area contributed by atoms with Crippen LogP contribution < -0.4 is 10.2 Å². The van der Waals surface area contributed by atoms with Gasteiger partial charge in [-0.15, -0.1) is 0 Å². The summed E-state index contributed by atoms with van der Waals surface area (Å²) in [6, 6.07) is 0. The first-order chi connectivity index (χ1) is 10.2. The maximum absolute atomic E-state index is 5.98. The molecule has 120 valence electrons. The fraction of sp³-hybridized carbons (Fsp3) is 0.800. The van der Waals surface area contributed by atoms with E-state index in [-0.39, 0.29) is 5.28 Å². The minimum absolute atomic E-state index is 0.248. The molecule has 0 saturated heterocycles. The summed E-state index contributed by atoms with van der Waals surface area (Å²) < 4.78 is 0. The number of unbranched alkanes of at least 4 members (excludes halogenated alkanes) is 5. The number of anilines is 2. The van der Waals surface area contributed by atoms with Gasteiger partial charge in [0.25, 0.3) is 0 Å². The Morgan fingerprint density at radius 1 is 0.905 bits per heavy atom. The minimum Gasteiger partial charge on any atom is -0.354 e. The highest BCUT2D eigenvalue weighted by atomic mass is 35.5. The van der Waals surface area contributed by atoms with Crippen molar-refractivity contribution >= 4 is 23.5 Å². The van der Waals surface area contributed by atoms with Crippen LogP contribution >= 0.6 is 11.6 Å². The van der Waals surface area contributed by atoms with E-state index >= 15 is 0 Å². The number of halogens is 1. The second kappa shape index (κ2) is 10.6. The molecule has 5 nitrogen and oxygen atoms in total. The highest BCUT2D eigenvalue weighted by Crippen LogP contribution is 2.13. The van der Waals surface area contributed by atoms with Crippen LogP contribution in [-0.4, -0.2) is 34.6 Å². The molecule has 0 aliphatic heterocycles. The molecule has 21 heavy (non-hydrogen) atoms. The molecule has 0 aliphatic carbocycles. The molecule has 0 radical (unpaired) electrons. The largest absolute Gasteiger partial charge is 0.354 e. The van der Waals surface area contributed by atoms with Gasteiger partial charge in [-0.3, -0.25) is 0 Å². The van der Waals surface area contributed by atoms with Gasteiger partial charge in [-0.1, -0.05) is 39.0 Å². The summed E-state index contributed by atoms with van der Waals surface area (Å²) in [4.78, 5) is 14.8. The van der Waals surface area contributed by atoms with E-state index in [1.54, 1.807) is 0 Å². The lowest BCUT2D eigenvalue weighted by Crippen LogP contribution is -2.25. The zero-order chi connectivity index (χ0) is 15.5. The third-order valence-corrected chi connectivity index (χ3v) is 3.63. The normalized spacial score (nSPS) is 10.7. The topological polar surface area (TPSA) is 53.9 Å². The van der Waals surface area contributed by atoms with E-state index in [9.17, 15) is 0 Å². The van der Waals surface area contributed by atoms with Crippen LogP contribution in [-0.2, 0) is 0 Å². The summed E-state index contributed by atoms with van der Waals surface area (Å²) in [7, 11) is 0. The number of rotatable bonds is 11. The van der Waals surface area contributed by atoms with Crippen molar-refractivity contribution in [2.24, 2.45) is 0 Å². The molecule has 0 bridgehead atoms. The summed E-state index contributed by atoms with van der Waals surface area (Å²) in [5, 5.41) is 3.49. The summed E-state index contributed by atoms with van der Waals surface area (Å²) in [6.07, 6.45) is 7.64. The average molecular weight is 314 g/mol. The maximum atomic E-state index is 5.98. The van der Waals surface area contributed by atoms with Gasteiger partial charge in [0, 0.05) is 19.6 Å². The highest BCUT2D eigenvalue weighted by molar-refractivity contribution is 6.28. The van der Waals surface area contributed by atoms with Gasteiger partial charge in [-0.25, -0.2) is 0 Å². The highest BCUT2D eigenvalue weighted by Gasteiger charge is 2.09. The Balaban J connectivity index is 2.41. The molecule has 0 aromatic carbocycles. The van der Waals surface area contributed by atoms with Crippen LogP contribution in [0.3, 0.4) is 0 Å². The van der Waals surface area contributed by atoms with Gasteiger partial charge in [0.2, 0.25) is 17.2 Å². The molecule has 0 unspecified atom stereocenters. The Morgan fingerprint density at radius 2 is 1.57 bits per heavy atom. The molecule has 6 heteroatoms.